The number of amides is 1. The third kappa shape index (κ3) is 4.55. The molecule has 0 bridgehead atoms. The van der Waals surface area contributed by atoms with E-state index >= 15 is 0 Å². The molecule has 31 heavy (non-hydrogen) atoms. The van der Waals surface area contributed by atoms with Gasteiger partial charge in [0.2, 0.25) is 5.91 Å². The van der Waals surface area contributed by atoms with Crippen molar-refractivity contribution in [1.29, 1.82) is 0 Å². The molecule has 0 spiro atoms. The molecule has 1 amide bonds. The van der Waals surface area contributed by atoms with Crippen molar-refractivity contribution in [3.05, 3.63) is 69.4 Å². The predicted octanol–water partition coefficient (Wildman–Crippen LogP) is 3.20. The minimum atomic E-state index is -0.371. The Morgan fingerprint density at radius 3 is 2.39 bits per heavy atom. The van der Waals surface area contributed by atoms with Crippen molar-refractivity contribution in [3.8, 4) is 0 Å². The van der Waals surface area contributed by atoms with Gasteiger partial charge < -0.3 is 15.2 Å². The first kappa shape index (κ1) is 20.9. The van der Waals surface area contributed by atoms with E-state index in [1.165, 1.54) is 4.57 Å². The molecule has 1 saturated carbocycles. The van der Waals surface area contributed by atoms with Gasteiger partial charge in [-0.15, -0.1) is 0 Å². The number of H-pyrrole nitrogens is 1. The van der Waals surface area contributed by atoms with Crippen LogP contribution < -0.4 is 21.5 Å². The van der Waals surface area contributed by atoms with Crippen molar-refractivity contribution < 1.29 is 4.79 Å². The Balaban J connectivity index is 1.37. The zero-order valence-corrected chi connectivity index (χ0v) is 17.9. The fraction of sp³-hybridized carbons (Fsp3) is 0.375. The van der Waals surface area contributed by atoms with E-state index in [0.717, 1.165) is 37.1 Å². The number of aromatic amines is 1. The highest BCUT2D eigenvalue weighted by Gasteiger charge is 2.27. The normalized spacial score (nSPS) is 18.6. The number of carbonyl (C=O) groups excluding carboxylic acids is 1. The van der Waals surface area contributed by atoms with Crippen LogP contribution in [0, 0.1) is 11.8 Å². The molecular weight excluding hydrogens is 392 g/mol. The summed E-state index contributed by atoms with van der Waals surface area (Å²) in [7, 11) is 3.96. The summed E-state index contributed by atoms with van der Waals surface area (Å²) in [6.45, 7) is 0.388. The van der Waals surface area contributed by atoms with E-state index in [9.17, 15) is 14.4 Å². The Morgan fingerprint density at radius 2 is 1.71 bits per heavy atom. The molecule has 3 aromatic rings. The van der Waals surface area contributed by atoms with Crippen LogP contribution in [0.1, 0.15) is 25.7 Å². The van der Waals surface area contributed by atoms with Gasteiger partial charge in [0.1, 0.15) is 0 Å². The lowest BCUT2D eigenvalue weighted by atomic mass is 9.81. The molecule has 1 heterocycles. The summed E-state index contributed by atoms with van der Waals surface area (Å²) < 4.78 is 1.31. The van der Waals surface area contributed by atoms with Crippen molar-refractivity contribution in [3.63, 3.8) is 0 Å². The number of hydrogen-bond donors (Lipinski definition) is 2. The Morgan fingerprint density at radius 1 is 1.03 bits per heavy atom. The molecule has 0 atom stereocenters. The van der Waals surface area contributed by atoms with Gasteiger partial charge >= 0.3 is 5.69 Å². The van der Waals surface area contributed by atoms with Gasteiger partial charge in [-0.3, -0.25) is 14.2 Å². The Bertz CT molecular complexity index is 1190. The van der Waals surface area contributed by atoms with E-state index in [2.05, 4.69) is 10.3 Å². The maximum absolute atomic E-state index is 12.7. The molecule has 162 valence electrons. The number of nitrogens with one attached hydrogen (secondary N) is 2. The monoisotopic (exact) mass is 420 g/mol. The van der Waals surface area contributed by atoms with E-state index in [1.807, 2.05) is 43.3 Å². The van der Waals surface area contributed by atoms with Gasteiger partial charge in [0, 0.05) is 37.9 Å². The first-order valence-corrected chi connectivity index (χ1v) is 10.7. The number of para-hydroxylation sites is 1. The van der Waals surface area contributed by atoms with E-state index < -0.39 is 0 Å². The molecule has 0 aliphatic heterocycles. The number of benzene rings is 2. The van der Waals surface area contributed by atoms with Gasteiger partial charge in [0.05, 0.1) is 10.9 Å². The molecule has 1 fully saturated rings. The number of carbonyl (C=O) groups is 1. The molecule has 1 aliphatic carbocycles. The Labute approximate surface area is 180 Å². The molecular formula is C24H28N4O3. The maximum Gasteiger partial charge on any atom is 0.328 e. The summed E-state index contributed by atoms with van der Waals surface area (Å²) in [5.74, 6) is 0.205. The third-order valence-corrected chi connectivity index (χ3v) is 6.20. The van der Waals surface area contributed by atoms with Crippen LogP contribution in [0.5, 0.6) is 0 Å². The predicted molar refractivity (Wildman–Crippen MR) is 124 cm³/mol. The summed E-state index contributed by atoms with van der Waals surface area (Å²) in [6, 6.07) is 14.8. The first-order valence-electron chi connectivity index (χ1n) is 10.7. The fourth-order valence-corrected chi connectivity index (χ4v) is 4.32. The van der Waals surface area contributed by atoms with Crippen molar-refractivity contribution in [1.82, 2.24) is 9.55 Å². The van der Waals surface area contributed by atoms with Crippen LogP contribution in [-0.2, 0) is 11.3 Å². The summed E-state index contributed by atoms with van der Waals surface area (Å²) in [4.78, 5) is 42.6. The second-order valence-corrected chi connectivity index (χ2v) is 8.54. The Hall–Kier alpha value is -3.35. The minimum absolute atomic E-state index is 0.0387. The minimum Gasteiger partial charge on any atom is -0.378 e. The SMILES string of the molecule is CN(C)c1ccc(NC(=O)C2CCC(Cn3c(=O)[nH]c4ccccc4c3=O)CC2)cc1. The van der Waals surface area contributed by atoms with Gasteiger partial charge in [-0.1, -0.05) is 12.1 Å². The van der Waals surface area contributed by atoms with Crippen molar-refractivity contribution in [2.24, 2.45) is 11.8 Å². The molecule has 1 aliphatic rings. The van der Waals surface area contributed by atoms with Gasteiger partial charge in [0.15, 0.2) is 0 Å². The number of aromatic nitrogens is 2. The highest BCUT2D eigenvalue weighted by atomic mass is 16.2. The molecule has 2 N–H and O–H groups in total. The highest BCUT2D eigenvalue weighted by molar-refractivity contribution is 5.92. The lowest BCUT2D eigenvalue weighted by Crippen LogP contribution is -2.38. The zero-order chi connectivity index (χ0) is 22.0. The van der Waals surface area contributed by atoms with E-state index in [0.29, 0.717) is 17.4 Å². The summed E-state index contributed by atoms with van der Waals surface area (Å²) >= 11 is 0. The second kappa shape index (κ2) is 8.79. The summed E-state index contributed by atoms with van der Waals surface area (Å²) in [5, 5.41) is 3.54. The van der Waals surface area contributed by atoms with Gasteiger partial charge in [0.25, 0.3) is 5.56 Å². The number of hydrogen-bond acceptors (Lipinski definition) is 4. The lowest BCUT2D eigenvalue weighted by Gasteiger charge is -2.28. The van der Waals surface area contributed by atoms with Crippen LogP contribution in [0.3, 0.4) is 0 Å². The topological polar surface area (TPSA) is 87.2 Å². The van der Waals surface area contributed by atoms with E-state index in [4.69, 9.17) is 0 Å². The van der Waals surface area contributed by atoms with E-state index in [-0.39, 0.29) is 29.0 Å². The van der Waals surface area contributed by atoms with Crippen molar-refractivity contribution in [2.45, 2.75) is 32.2 Å². The average molecular weight is 421 g/mol. The van der Waals surface area contributed by atoms with Crippen LogP contribution in [0.2, 0.25) is 0 Å². The molecule has 0 radical (unpaired) electrons. The molecule has 4 rings (SSSR count). The van der Waals surface area contributed by atoms with E-state index in [1.54, 1.807) is 24.3 Å². The van der Waals surface area contributed by atoms with Gasteiger partial charge in [-0.2, -0.15) is 0 Å². The molecule has 7 heteroatoms. The highest BCUT2D eigenvalue weighted by Crippen LogP contribution is 2.30. The first-order chi connectivity index (χ1) is 14.9. The van der Waals surface area contributed by atoms with Gasteiger partial charge in [-0.05, 0) is 68.0 Å². The van der Waals surface area contributed by atoms with Crippen molar-refractivity contribution in [2.75, 3.05) is 24.3 Å². The number of anilines is 2. The Kier molecular flexibility index (Phi) is 5.93. The summed E-state index contributed by atoms with van der Waals surface area (Å²) in [6.07, 6.45) is 3.14. The lowest BCUT2D eigenvalue weighted by molar-refractivity contribution is -0.121. The second-order valence-electron chi connectivity index (χ2n) is 8.54. The van der Waals surface area contributed by atoms with Crippen molar-refractivity contribution >= 4 is 28.2 Å². The van der Waals surface area contributed by atoms with Crippen LogP contribution in [0.25, 0.3) is 10.9 Å². The average Bonchev–Trinajstić information content (AvgIpc) is 2.77. The molecule has 2 aromatic carbocycles. The molecule has 7 nitrogen and oxygen atoms in total. The standard InChI is InChI=1S/C24H28N4O3/c1-27(2)19-13-11-18(12-14-19)25-22(29)17-9-7-16(8-10-17)15-28-23(30)20-5-3-4-6-21(20)26-24(28)31/h3-6,11-14,16-17H,7-10,15H2,1-2H3,(H,25,29)(H,26,31). The summed E-state index contributed by atoms with van der Waals surface area (Å²) in [5.41, 5.74) is 1.82. The molecule has 0 unspecified atom stereocenters. The van der Waals surface area contributed by atoms with Crippen LogP contribution >= 0.6 is 0 Å². The smallest absolute Gasteiger partial charge is 0.328 e. The van der Waals surface area contributed by atoms with Gasteiger partial charge in [-0.25, -0.2) is 4.79 Å². The molecule has 1 aromatic heterocycles. The van der Waals surface area contributed by atoms with Crippen LogP contribution in [-0.4, -0.2) is 29.6 Å². The zero-order valence-electron chi connectivity index (χ0n) is 17.9. The number of rotatable bonds is 5. The van der Waals surface area contributed by atoms with Crippen LogP contribution in [0.4, 0.5) is 11.4 Å². The fourth-order valence-electron chi connectivity index (χ4n) is 4.32. The molecule has 0 saturated heterocycles. The quantitative estimate of drug-likeness (QED) is 0.664. The largest absolute Gasteiger partial charge is 0.378 e. The third-order valence-electron chi connectivity index (χ3n) is 6.20. The maximum atomic E-state index is 12.7. The number of fused-ring (bicyclic) bond motifs is 1. The number of nitrogens with zero attached hydrogens (tertiary/aromatic N) is 2. The van der Waals surface area contributed by atoms with Crippen LogP contribution in [0.15, 0.2) is 58.1 Å².